The third kappa shape index (κ3) is 3.34. The van der Waals surface area contributed by atoms with Crippen LogP contribution in [-0.4, -0.2) is 32.6 Å². The fraction of sp³-hybridized carbons (Fsp3) is 0.273. The summed E-state index contributed by atoms with van der Waals surface area (Å²) in [6.45, 7) is 2.31. The minimum absolute atomic E-state index is 0.132. The summed E-state index contributed by atoms with van der Waals surface area (Å²) in [6.07, 6.45) is 1.47. The predicted molar refractivity (Wildman–Crippen MR) is 67.0 cm³/mol. The quantitative estimate of drug-likeness (QED) is 0.632. The number of halogens is 2. The smallest absolute Gasteiger partial charge is 0.360 e. The SMILES string of the molecule is CCOC(=O)c1cn(Cc2ccc(F)nc2Br)nn1. The first-order valence-corrected chi connectivity index (χ1v) is 6.27. The van der Waals surface area contributed by atoms with E-state index in [1.807, 2.05) is 0 Å². The molecular formula is C11H10BrFN4O2. The molecule has 0 bridgehead atoms. The number of hydrogen-bond acceptors (Lipinski definition) is 5. The lowest BCUT2D eigenvalue weighted by atomic mass is 10.3. The van der Waals surface area contributed by atoms with E-state index >= 15 is 0 Å². The van der Waals surface area contributed by atoms with Crippen LogP contribution in [0, 0.1) is 5.95 Å². The van der Waals surface area contributed by atoms with E-state index in [1.165, 1.54) is 16.9 Å². The van der Waals surface area contributed by atoms with E-state index in [-0.39, 0.29) is 12.3 Å². The van der Waals surface area contributed by atoms with Gasteiger partial charge in [0.05, 0.1) is 19.3 Å². The molecule has 100 valence electrons. The minimum Gasteiger partial charge on any atom is -0.461 e. The highest BCUT2D eigenvalue weighted by Gasteiger charge is 2.12. The highest BCUT2D eigenvalue weighted by atomic mass is 79.9. The van der Waals surface area contributed by atoms with E-state index in [9.17, 15) is 9.18 Å². The molecule has 6 nitrogen and oxygen atoms in total. The second kappa shape index (κ2) is 5.87. The van der Waals surface area contributed by atoms with Crippen molar-refractivity contribution in [1.82, 2.24) is 20.0 Å². The van der Waals surface area contributed by atoms with Crippen molar-refractivity contribution in [2.24, 2.45) is 0 Å². The average molecular weight is 329 g/mol. The van der Waals surface area contributed by atoms with Crippen LogP contribution >= 0.6 is 15.9 Å². The molecule has 0 unspecified atom stereocenters. The summed E-state index contributed by atoms with van der Waals surface area (Å²) in [6, 6.07) is 2.83. The zero-order valence-electron chi connectivity index (χ0n) is 10.0. The molecule has 0 saturated carbocycles. The minimum atomic E-state index is -0.568. The van der Waals surface area contributed by atoms with E-state index < -0.39 is 11.9 Å². The molecule has 0 fully saturated rings. The maximum absolute atomic E-state index is 12.8. The summed E-state index contributed by atoms with van der Waals surface area (Å²) in [5.41, 5.74) is 0.856. The molecule has 8 heteroatoms. The van der Waals surface area contributed by atoms with Crippen molar-refractivity contribution in [2.45, 2.75) is 13.5 Å². The monoisotopic (exact) mass is 328 g/mol. The van der Waals surface area contributed by atoms with Crippen molar-refractivity contribution < 1.29 is 13.9 Å². The van der Waals surface area contributed by atoms with Gasteiger partial charge in [0.2, 0.25) is 5.95 Å². The van der Waals surface area contributed by atoms with Gasteiger partial charge in [-0.3, -0.25) is 0 Å². The highest BCUT2D eigenvalue weighted by Crippen LogP contribution is 2.15. The maximum Gasteiger partial charge on any atom is 0.360 e. The fourth-order valence-corrected chi connectivity index (χ4v) is 1.83. The molecule has 0 atom stereocenters. The van der Waals surface area contributed by atoms with E-state index in [1.54, 1.807) is 13.0 Å². The summed E-state index contributed by atoms with van der Waals surface area (Å²) in [5, 5.41) is 7.51. The number of aromatic nitrogens is 4. The van der Waals surface area contributed by atoms with Crippen LogP contribution in [0.2, 0.25) is 0 Å². The van der Waals surface area contributed by atoms with Gasteiger partial charge in [-0.25, -0.2) is 14.5 Å². The molecule has 0 spiro atoms. The van der Waals surface area contributed by atoms with Crippen molar-refractivity contribution in [3.8, 4) is 0 Å². The van der Waals surface area contributed by atoms with Crippen molar-refractivity contribution in [1.29, 1.82) is 0 Å². The Bertz CT molecular complexity index is 602. The summed E-state index contributed by atoms with van der Waals surface area (Å²) in [7, 11) is 0. The lowest BCUT2D eigenvalue weighted by Gasteiger charge is -2.02. The average Bonchev–Trinajstić information content (AvgIpc) is 2.82. The molecule has 0 N–H and O–H groups in total. The first-order chi connectivity index (χ1) is 9.10. The van der Waals surface area contributed by atoms with Gasteiger partial charge in [0.1, 0.15) is 4.60 Å². The second-order valence-electron chi connectivity index (χ2n) is 3.61. The molecule has 0 aromatic carbocycles. The maximum atomic E-state index is 12.8. The number of hydrogen-bond donors (Lipinski definition) is 0. The Morgan fingerprint density at radius 2 is 2.32 bits per heavy atom. The standard InChI is InChI=1S/C11H10BrFN4O2/c1-2-19-11(18)8-6-17(16-15-8)5-7-3-4-9(13)14-10(7)12/h3-4,6H,2,5H2,1H3. The number of nitrogens with zero attached hydrogens (tertiary/aromatic N) is 4. The molecule has 0 aliphatic rings. The molecular weight excluding hydrogens is 319 g/mol. The molecule has 0 amide bonds. The van der Waals surface area contributed by atoms with Crippen LogP contribution in [0.5, 0.6) is 0 Å². The normalized spacial score (nSPS) is 10.5. The van der Waals surface area contributed by atoms with Crippen molar-refractivity contribution in [3.05, 3.63) is 40.1 Å². The van der Waals surface area contributed by atoms with Gasteiger partial charge >= 0.3 is 5.97 Å². The lowest BCUT2D eigenvalue weighted by molar-refractivity contribution is 0.0519. The number of esters is 1. The fourth-order valence-electron chi connectivity index (χ4n) is 1.41. The van der Waals surface area contributed by atoms with Crippen LogP contribution in [0.25, 0.3) is 0 Å². The van der Waals surface area contributed by atoms with Crippen LogP contribution in [0.1, 0.15) is 23.0 Å². The van der Waals surface area contributed by atoms with Gasteiger partial charge in [-0.05, 0) is 35.0 Å². The van der Waals surface area contributed by atoms with E-state index in [0.29, 0.717) is 11.1 Å². The van der Waals surface area contributed by atoms with Crippen molar-refractivity contribution in [3.63, 3.8) is 0 Å². The second-order valence-corrected chi connectivity index (χ2v) is 4.36. The zero-order chi connectivity index (χ0) is 13.8. The number of rotatable bonds is 4. The Morgan fingerprint density at radius 1 is 1.53 bits per heavy atom. The molecule has 0 aliphatic carbocycles. The van der Waals surface area contributed by atoms with E-state index in [0.717, 1.165) is 5.56 Å². The Labute approximate surface area is 116 Å². The number of pyridine rings is 1. The van der Waals surface area contributed by atoms with Gasteiger partial charge in [-0.15, -0.1) is 5.10 Å². The Kier molecular flexibility index (Phi) is 4.20. The van der Waals surface area contributed by atoms with Crippen LogP contribution in [0.4, 0.5) is 4.39 Å². The van der Waals surface area contributed by atoms with Gasteiger partial charge in [-0.2, -0.15) is 4.39 Å². The number of ether oxygens (including phenoxy) is 1. The largest absolute Gasteiger partial charge is 0.461 e. The molecule has 2 heterocycles. The molecule has 2 rings (SSSR count). The van der Waals surface area contributed by atoms with Crippen molar-refractivity contribution in [2.75, 3.05) is 6.61 Å². The van der Waals surface area contributed by atoms with Crippen LogP contribution in [0.15, 0.2) is 22.9 Å². The Balaban J connectivity index is 2.13. The Hall–Kier alpha value is -1.83. The summed E-state index contributed by atoms with van der Waals surface area (Å²) < 4.78 is 19.5. The van der Waals surface area contributed by atoms with Gasteiger partial charge in [0.15, 0.2) is 5.69 Å². The van der Waals surface area contributed by atoms with Gasteiger partial charge in [0, 0.05) is 5.56 Å². The van der Waals surface area contributed by atoms with Crippen molar-refractivity contribution >= 4 is 21.9 Å². The lowest BCUT2D eigenvalue weighted by Crippen LogP contribution is -2.05. The summed E-state index contributed by atoms with van der Waals surface area (Å²) in [4.78, 5) is 15.1. The van der Waals surface area contributed by atoms with Gasteiger partial charge < -0.3 is 4.74 Å². The van der Waals surface area contributed by atoms with Crippen LogP contribution in [0.3, 0.4) is 0 Å². The molecule has 2 aromatic heterocycles. The molecule has 0 radical (unpaired) electrons. The van der Waals surface area contributed by atoms with E-state index in [2.05, 4.69) is 31.2 Å². The topological polar surface area (TPSA) is 69.9 Å². The predicted octanol–water partition coefficient (Wildman–Crippen LogP) is 1.80. The first kappa shape index (κ1) is 13.6. The van der Waals surface area contributed by atoms with E-state index in [4.69, 9.17) is 4.74 Å². The number of carbonyl (C=O) groups is 1. The molecule has 0 aliphatic heterocycles. The number of carbonyl (C=O) groups excluding carboxylic acids is 1. The Morgan fingerprint density at radius 3 is 3.00 bits per heavy atom. The third-order valence-electron chi connectivity index (χ3n) is 2.25. The van der Waals surface area contributed by atoms with Gasteiger partial charge in [0.25, 0.3) is 0 Å². The molecule has 2 aromatic rings. The first-order valence-electron chi connectivity index (χ1n) is 5.48. The third-order valence-corrected chi connectivity index (χ3v) is 2.93. The highest BCUT2D eigenvalue weighted by molar-refractivity contribution is 9.10. The molecule has 0 saturated heterocycles. The molecule has 19 heavy (non-hydrogen) atoms. The summed E-state index contributed by atoms with van der Waals surface area (Å²) >= 11 is 3.16. The van der Waals surface area contributed by atoms with Crippen LogP contribution in [-0.2, 0) is 11.3 Å². The van der Waals surface area contributed by atoms with Crippen LogP contribution < -0.4 is 0 Å². The zero-order valence-corrected chi connectivity index (χ0v) is 11.6. The summed E-state index contributed by atoms with van der Waals surface area (Å²) in [5.74, 6) is -1.09. The van der Waals surface area contributed by atoms with Gasteiger partial charge in [-0.1, -0.05) is 5.21 Å².